The van der Waals surface area contributed by atoms with E-state index in [4.69, 9.17) is 0 Å². The molecule has 2 aromatic carbocycles. The molecule has 2 saturated heterocycles. The third-order valence-electron chi connectivity index (χ3n) is 6.11. The molecule has 0 spiro atoms. The SMILES string of the molecule is Cc1cccc(N2CCN(C(=O)C3CCN(C(=O)Nc4ccccc4)CC3)CC2)c1. The molecule has 0 aliphatic carbocycles. The molecule has 2 heterocycles. The number of urea groups is 1. The number of hydrogen-bond acceptors (Lipinski definition) is 3. The molecule has 0 bridgehead atoms. The standard InChI is InChI=1S/C24H30N4O2/c1-19-6-5-9-22(18-19)26-14-16-27(17-15-26)23(29)20-10-12-28(13-11-20)24(30)25-21-7-3-2-4-8-21/h2-9,18,20H,10-17H2,1H3,(H,25,30). The fourth-order valence-electron chi connectivity index (χ4n) is 4.32. The van der Waals surface area contributed by atoms with Crippen LogP contribution in [0.3, 0.4) is 0 Å². The first-order chi connectivity index (χ1) is 14.6. The van der Waals surface area contributed by atoms with E-state index in [0.29, 0.717) is 13.1 Å². The predicted octanol–water partition coefficient (Wildman–Crippen LogP) is 3.59. The van der Waals surface area contributed by atoms with Crippen LogP contribution in [0.4, 0.5) is 16.2 Å². The van der Waals surface area contributed by atoms with Crippen LogP contribution in [0.5, 0.6) is 0 Å². The van der Waals surface area contributed by atoms with E-state index in [1.807, 2.05) is 40.1 Å². The van der Waals surface area contributed by atoms with Gasteiger partial charge in [0.15, 0.2) is 0 Å². The number of amides is 3. The van der Waals surface area contributed by atoms with E-state index >= 15 is 0 Å². The summed E-state index contributed by atoms with van der Waals surface area (Å²) in [6.07, 6.45) is 1.47. The topological polar surface area (TPSA) is 55.9 Å². The summed E-state index contributed by atoms with van der Waals surface area (Å²) in [4.78, 5) is 31.6. The lowest BCUT2D eigenvalue weighted by molar-refractivity contribution is -0.137. The highest BCUT2D eigenvalue weighted by molar-refractivity contribution is 5.89. The zero-order valence-electron chi connectivity index (χ0n) is 17.6. The van der Waals surface area contributed by atoms with Crippen LogP contribution in [0, 0.1) is 12.8 Å². The molecular formula is C24H30N4O2. The number of piperazine rings is 1. The van der Waals surface area contributed by atoms with Gasteiger partial charge in [-0.3, -0.25) is 4.79 Å². The monoisotopic (exact) mass is 406 g/mol. The van der Waals surface area contributed by atoms with Gasteiger partial charge in [0.05, 0.1) is 0 Å². The minimum absolute atomic E-state index is 0.0243. The molecule has 4 rings (SSSR count). The summed E-state index contributed by atoms with van der Waals surface area (Å²) in [5, 5.41) is 2.93. The number of benzene rings is 2. The van der Waals surface area contributed by atoms with Crippen molar-refractivity contribution in [1.82, 2.24) is 9.80 Å². The molecule has 0 unspecified atom stereocenters. The number of para-hydroxylation sites is 1. The lowest BCUT2D eigenvalue weighted by Crippen LogP contribution is -2.52. The van der Waals surface area contributed by atoms with Crippen LogP contribution in [0.2, 0.25) is 0 Å². The van der Waals surface area contributed by atoms with Crippen molar-refractivity contribution < 1.29 is 9.59 Å². The van der Waals surface area contributed by atoms with Crippen LogP contribution in [0.1, 0.15) is 18.4 Å². The first kappa shape index (κ1) is 20.3. The van der Waals surface area contributed by atoms with Crippen LogP contribution in [-0.4, -0.2) is 61.0 Å². The highest BCUT2D eigenvalue weighted by Gasteiger charge is 2.31. The minimum Gasteiger partial charge on any atom is -0.368 e. The maximum atomic E-state index is 13.0. The molecule has 0 saturated carbocycles. The summed E-state index contributed by atoms with van der Waals surface area (Å²) in [6, 6.07) is 17.9. The van der Waals surface area contributed by atoms with Gasteiger partial charge in [-0.2, -0.15) is 0 Å². The summed E-state index contributed by atoms with van der Waals surface area (Å²) in [5.74, 6) is 0.276. The van der Waals surface area contributed by atoms with Crippen molar-refractivity contribution in [2.45, 2.75) is 19.8 Å². The number of anilines is 2. The van der Waals surface area contributed by atoms with Gasteiger partial charge in [0.2, 0.25) is 5.91 Å². The van der Waals surface area contributed by atoms with Gasteiger partial charge < -0.3 is 20.0 Å². The number of carbonyl (C=O) groups excluding carboxylic acids is 2. The highest BCUT2D eigenvalue weighted by atomic mass is 16.2. The van der Waals surface area contributed by atoms with Gasteiger partial charge in [-0.15, -0.1) is 0 Å². The number of nitrogens with zero attached hydrogens (tertiary/aromatic N) is 3. The number of aryl methyl sites for hydroxylation is 1. The Morgan fingerprint density at radius 1 is 0.833 bits per heavy atom. The zero-order valence-corrected chi connectivity index (χ0v) is 17.6. The molecule has 2 fully saturated rings. The maximum absolute atomic E-state index is 13.0. The van der Waals surface area contributed by atoms with Crippen LogP contribution in [-0.2, 0) is 4.79 Å². The van der Waals surface area contributed by atoms with Gasteiger partial charge in [0, 0.05) is 56.6 Å². The average molecular weight is 407 g/mol. The predicted molar refractivity (Wildman–Crippen MR) is 120 cm³/mol. The quantitative estimate of drug-likeness (QED) is 0.848. The summed E-state index contributed by atoms with van der Waals surface area (Å²) in [6.45, 7) is 6.62. The van der Waals surface area contributed by atoms with Crippen molar-refractivity contribution in [2.75, 3.05) is 49.5 Å². The fourth-order valence-corrected chi connectivity index (χ4v) is 4.32. The van der Waals surface area contributed by atoms with Gasteiger partial charge in [-0.1, -0.05) is 30.3 Å². The molecule has 0 radical (unpaired) electrons. The molecule has 2 aromatic rings. The van der Waals surface area contributed by atoms with Crippen molar-refractivity contribution in [3.05, 3.63) is 60.2 Å². The van der Waals surface area contributed by atoms with E-state index in [0.717, 1.165) is 44.7 Å². The molecular weight excluding hydrogens is 376 g/mol. The van der Waals surface area contributed by atoms with E-state index in [1.54, 1.807) is 0 Å². The van der Waals surface area contributed by atoms with E-state index in [9.17, 15) is 9.59 Å². The third kappa shape index (κ3) is 4.75. The Bertz CT molecular complexity index is 870. The van der Waals surface area contributed by atoms with Crippen LogP contribution in [0.25, 0.3) is 0 Å². The molecule has 2 aliphatic heterocycles. The molecule has 0 aromatic heterocycles. The van der Waals surface area contributed by atoms with Gasteiger partial charge >= 0.3 is 6.03 Å². The Morgan fingerprint density at radius 3 is 2.20 bits per heavy atom. The molecule has 3 amide bonds. The molecule has 6 nitrogen and oxygen atoms in total. The van der Waals surface area contributed by atoms with Crippen LogP contribution >= 0.6 is 0 Å². The van der Waals surface area contributed by atoms with Crippen molar-refractivity contribution in [1.29, 1.82) is 0 Å². The number of rotatable bonds is 3. The van der Waals surface area contributed by atoms with Crippen molar-refractivity contribution in [3.8, 4) is 0 Å². The van der Waals surface area contributed by atoms with Crippen LogP contribution in [0.15, 0.2) is 54.6 Å². The molecule has 30 heavy (non-hydrogen) atoms. The smallest absolute Gasteiger partial charge is 0.321 e. The van der Waals surface area contributed by atoms with E-state index in [1.165, 1.54) is 11.3 Å². The summed E-state index contributed by atoms with van der Waals surface area (Å²) in [7, 11) is 0. The average Bonchev–Trinajstić information content (AvgIpc) is 2.79. The number of carbonyl (C=O) groups is 2. The second kappa shape index (κ2) is 9.20. The van der Waals surface area contributed by atoms with E-state index < -0.39 is 0 Å². The molecule has 6 heteroatoms. The molecule has 0 atom stereocenters. The van der Waals surface area contributed by atoms with Crippen LogP contribution < -0.4 is 10.2 Å². The second-order valence-electron chi connectivity index (χ2n) is 8.21. The number of piperidine rings is 1. The minimum atomic E-state index is -0.0844. The lowest BCUT2D eigenvalue weighted by Gasteiger charge is -2.39. The molecule has 1 N–H and O–H groups in total. The first-order valence-electron chi connectivity index (χ1n) is 10.8. The third-order valence-corrected chi connectivity index (χ3v) is 6.11. The molecule has 158 valence electrons. The Balaban J connectivity index is 1.24. The number of nitrogens with one attached hydrogen (secondary N) is 1. The number of hydrogen-bond donors (Lipinski definition) is 1. The summed E-state index contributed by atoms with van der Waals surface area (Å²) >= 11 is 0. The van der Waals surface area contributed by atoms with Gasteiger partial charge in [-0.05, 0) is 49.6 Å². The van der Waals surface area contributed by atoms with E-state index in [2.05, 4.69) is 41.4 Å². The summed E-state index contributed by atoms with van der Waals surface area (Å²) in [5.41, 5.74) is 3.29. The second-order valence-corrected chi connectivity index (χ2v) is 8.21. The van der Waals surface area contributed by atoms with E-state index in [-0.39, 0.29) is 17.9 Å². The zero-order chi connectivity index (χ0) is 20.9. The first-order valence-corrected chi connectivity index (χ1v) is 10.8. The van der Waals surface area contributed by atoms with Crippen molar-refractivity contribution in [3.63, 3.8) is 0 Å². The lowest BCUT2D eigenvalue weighted by atomic mass is 9.95. The number of likely N-dealkylation sites (tertiary alicyclic amines) is 1. The Labute approximate surface area is 178 Å². The Morgan fingerprint density at radius 2 is 1.53 bits per heavy atom. The highest BCUT2D eigenvalue weighted by Crippen LogP contribution is 2.23. The maximum Gasteiger partial charge on any atom is 0.321 e. The van der Waals surface area contributed by atoms with Gasteiger partial charge in [0.1, 0.15) is 0 Å². The van der Waals surface area contributed by atoms with Gasteiger partial charge in [-0.25, -0.2) is 4.79 Å². The fraction of sp³-hybridized carbons (Fsp3) is 0.417. The Kier molecular flexibility index (Phi) is 6.21. The summed E-state index contributed by atoms with van der Waals surface area (Å²) < 4.78 is 0. The normalized spacial score (nSPS) is 17.7. The molecule has 2 aliphatic rings. The van der Waals surface area contributed by atoms with Crippen molar-refractivity contribution in [2.24, 2.45) is 5.92 Å². The largest absolute Gasteiger partial charge is 0.368 e. The van der Waals surface area contributed by atoms with Gasteiger partial charge in [0.25, 0.3) is 0 Å². The Hall–Kier alpha value is -3.02. The van der Waals surface area contributed by atoms with Crippen molar-refractivity contribution >= 4 is 23.3 Å².